The summed E-state index contributed by atoms with van der Waals surface area (Å²) in [5.41, 5.74) is 0.222. The molecule has 1 aliphatic carbocycles. The maximum Gasteiger partial charge on any atom is 0.325 e. The molecule has 2 aliphatic rings. The van der Waals surface area contributed by atoms with E-state index in [1.165, 1.54) is 6.20 Å². The number of aryl methyl sites for hydroxylation is 1. The van der Waals surface area contributed by atoms with E-state index in [-0.39, 0.29) is 18.2 Å². The Morgan fingerprint density at radius 1 is 1.35 bits per heavy atom. The summed E-state index contributed by atoms with van der Waals surface area (Å²) in [6, 6.07) is 1.14. The highest BCUT2D eigenvalue weighted by molar-refractivity contribution is 6.30. The van der Waals surface area contributed by atoms with Crippen molar-refractivity contribution < 1.29 is 14.4 Å². The van der Waals surface area contributed by atoms with Gasteiger partial charge in [-0.1, -0.05) is 30.9 Å². The van der Waals surface area contributed by atoms with Gasteiger partial charge in [-0.3, -0.25) is 14.5 Å². The van der Waals surface area contributed by atoms with E-state index in [0.29, 0.717) is 29.1 Å². The van der Waals surface area contributed by atoms with Crippen LogP contribution in [0.15, 0.2) is 12.3 Å². The normalized spacial score (nSPS) is 20.0. The number of hydrogen-bond acceptors (Lipinski definition) is 4. The molecule has 1 aliphatic heterocycles. The van der Waals surface area contributed by atoms with E-state index in [0.717, 1.165) is 24.2 Å². The van der Waals surface area contributed by atoms with Crippen molar-refractivity contribution in [2.45, 2.75) is 44.6 Å². The van der Waals surface area contributed by atoms with Crippen LogP contribution in [0.1, 0.15) is 48.0 Å². The molecule has 3 amide bonds. The quantitative estimate of drug-likeness (QED) is 0.523. The summed E-state index contributed by atoms with van der Waals surface area (Å²) < 4.78 is 0. The first-order valence-corrected chi connectivity index (χ1v) is 8.10. The number of ketones is 1. The molecule has 1 saturated carbocycles. The van der Waals surface area contributed by atoms with Crippen LogP contribution in [0.25, 0.3) is 0 Å². The zero-order chi connectivity index (χ0) is 16.6. The third-order valence-corrected chi connectivity index (χ3v) is 4.99. The number of carbonyl (C=O) groups is 3. The molecule has 2 fully saturated rings. The van der Waals surface area contributed by atoms with Gasteiger partial charge in [0.25, 0.3) is 5.91 Å². The molecule has 23 heavy (non-hydrogen) atoms. The molecule has 1 spiro atoms. The molecular weight excluding hydrogens is 318 g/mol. The first-order valence-electron chi connectivity index (χ1n) is 7.72. The molecule has 0 unspecified atom stereocenters. The number of pyridine rings is 1. The van der Waals surface area contributed by atoms with Gasteiger partial charge in [0.1, 0.15) is 10.7 Å². The summed E-state index contributed by atoms with van der Waals surface area (Å²) in [5, 5.41) is 3.13. The number of urea groups is 1. The van der Waals surface area contributed by atoms with E-state index in [4.69, 9.17) is 11.6 Å². The highest BCUT2D eigenvalue weighted by Gasteiger charge is 2.51. The summed E-state index contributed by atoms with van der Waals surface area (Å²) in [6.07, 6.45) is 5.54. The van der Waals surface area contributed by atoms with Gasteiger partial charge in [0.05, 0.1) is 6.54 Å². The minimum Gasteiger partial charge on any atom is -0.323 e. The Morgan fingerprint density at radius 2 is 2.04 bits per heavy atom. The fourth-order valence-corrected chi connectivity index (χ4v) is 3.36. The first kappa shape index (κ1) is 15.9. The lowest BCUT2D eigenvalue weighted by molar-refractivity contribution is -0.132. The second-order valence-corrected chi connectivity index (χ2v) is 6.58. The molecule has 0 atom stereocenters. The molecule has 0 bridgehead atoms. The minimum absolute atomic E-state index is 0.269. The van der Waals surface area contributed by atoms with E-state index in [1.807, 2.05) is 0 Å². The van der Waals surface area contributed by atoms with E-state index < -0.39 is 11.6 Å². The number of amides is 3. The second-order valence-electron chi connectivity index (χ2n) is 6.22. The van der Waals surface area contributed by atoms with E-state index in [1.54, 1.807) is 13.0 Å². The van der Waals surface area contributed by atoms with Gasteiger partial charge in [-0.05, 0) is 31.4 Å². The molecule has 6 nitrogen and oxygen atoms in total. The number of imide groups is 1. The summed E-state index contributed by atoms with van der Waals surface area (Å²) in [7, 11) is 0. The lowest BCUT2D eigenvalue weighted by atomic mass is 9.82. The highest BCUT2D eigenvalue weighted by Crippen LogP contribution is 2.33. The molecule has 2 heterocycles. The van der Waals surface area contributed by atoms with E-state index in [9.17, 15) is 14.4 Å². The molecule has 1 aromatic rings. The average molecular weight is 336 g/mol. The molecular formula is C16H18ClN3O3. The summed E-state index contributed by atoms with van der Waals surface area (Å²) >= 11 is 5.85. The van der Waals surface area contributed by atoms with Crippen LogP contribution in [0.5, 0.6) is 0 Å². The van der Waals surface area contributed by atoms with Crippen LogP contribution in [0.3, 0.4) is 0 Å². The fraction of sp³-hybridized carbons (Fsp3) is 0.500. The minimum atomic E-state index is -0.802. The zero-order valence-corrected chi connectivity index (χ0v) is 13.7. The largest absolute Gasteiger partial charge is 0.325 e. The number of halogens is 1. The second kappa shape index (κ2) is 5.92. The molecule has 3 rings (SSSR count). The number of rotatable bonds is 3. The predicted octanol–water partition coefficient (Wildman–Crippen LogP) is 2.48. The number of nitrogens with zero attached hydrogens (tertiary/aromatic N) is 2. The van der Waals surface area contributed by atoms with E-state index >= 15 is 0 Å². The molecule has 7 heteroatoms. The third kappa shape index (κ3) is 2.83. The standard InChI is InChI=1S/C16H18ClN3O3/c1-10-7-11(8-18-13(10)17)12(21)9-20-14(22)16(19-15(20)23)5-3-2-4-6-16/h7-8H,2-6,9H2,1H3,(H,19,23). The fourth-order valence-electron chi connectivity index (χ4n) is 3.26. The molecule has 122 valence electrons. The smallest absolute Gasteiger partial charge is 0.323 e. The van der Waals surface area contributed by atoms with Gasteiger partial charge in [-0.15, -0.1) is 0 Å². The molecule has 1 aromatic heterocycles. The van der Waals surface area contributed by atoms with Gasteiger partial charge in [0.2, 0.25) is 0 Å². The van der Waals surface area contributed by atoms with Gasteiger partial charge in [-0.2, -0.15) is 0 Å². The Labute approximate surface area is 139 Å². The van der Waals surface area contributed by atoms with Gasteiger partial charge in [-0.25, -0.2) is 9.78 Å². The average Bonchev–Trinajstić information content (AvgIpc) is 2.75. The molecule has 1 saturated heterocycles. The summed E-state index contributed by atoms with van der Waals surface area (Å²) in [4.78, 5) is 42.1. The van der Waals surface area contributed by atoms with Crippen LogP contribution in [0, 0.1) is 6.92 Å². The Balaban J connectivity index is 1.76. The van der Waals surface area contributed by atoms with Crippen molar-refractivity contribution in [3.05, 3.63) is 28.5 Å². The number of aromatic nitrogens is 1. The molecule has 1 N–H and O–H groups in total. The number of carbonyl (C=O) groups excluding carboxylic acids is 3. The summed E-state index contributed by atoms with van der Waals surface area (Å²) in [5.74, 6) is -0.608. The topological polar surface area (TPSA) is 79.4 Å². The van der Waals surface area contributed by atoms with Crippen molar-refractivity contribution in [2.24, 2.45) is 0 Å². The first-order chi connectivity index (χ1) is 10.9. The Morgan fingerprint density at radius 3 is 2.70 bits per heavy atom. The monoisotopic (exact) mass is 335 g/mol. The molecule has 0 radical (unpaired) electrons. The van der Waals surface area contributed by atoms with Crippen molar-refractivity contribution in [1.82, 2.24) is 15.2 Å². The van der Waals surface area contributed by atoms with Crippen LogP contribution >= 0.6 is 11.6 Å². The SMILES string of the molecule is Cc1cc(C(=O)CN2C(=O)NC3(CCCCC3)C2=O)cnc1Cl. The Hall–Kier alpha value is -1.95. The van der Waals surface area contributed by atoms with Crippen molar-refractivity contribution in [2.75, 3.05) is 6.54 Å². The van der Waals surface area contributed by atoms with E-state index in [2.05, 4.69) is 10.3 Å². The number of Topliss-reactive ketones (excluding diaryl/α,β-unsaturated/α-hetero) is 1. The van der Waals surface area contributed by atoms with Gasteiger partial charge in [0, 0.05) is 11.8 Å². The predicted molar refractivity (Wildman–Crippen MR) is 84.4 cm³/mol. The van der Waals surface area contributed by atoms with Crippen molar-refractivity contribution in [3.63, 3.8) is 0 Å². The van der Waals surface area contributed by atoms with Crippen molar-refractivity contribution >= 4 is 29.3 Å². The van der Waals surface area contributed by atoms with Gasteiger partial charge < -0.3 is 5.32 Å². The maximum atomic E-state index is 12.6. The van der Waals surface area contributed by atoms with Crippen LogP contribution < -0.4 is 5.32 Å². The van der Waals surface area contributed by atoms with Gasteiger partial charge in [0.15, 0.2) is 5.78 Å². The highest BCUT2D eigenvalue weighted by atomic mass is 35.5. The lowest BCUT2D eigenvalue weighted by Crippen LogP contribution is -2.48. The van der Waals surface area contributed by atoms with Crippen LogP contribution in [-0.2, 0) is 4.79 Å². The molecule has 0 aromatic carbocycles. The number of nitrogens with one attached hydrogen (secondary N) is 1. The van der Waals surface area contributed by atoms with Crippen molar-refractivity contribution in [1.29, 1.82) is 0 Å². The number of hydrogen-bond donors (Lipinski definition) is 1. The van der Waals surface area contributed by atoms with Crippen LogP contribution in [0.2, 0.25) is 5.15 Å². The van der Waals surface area contributed by atoms with Gasteiger partial charge >= 0.3 is 6.03 Å². The van der Waals surface area contributed by atoms with Crippen molar-refractivity contribution in [3.8, 4) is 0 Å². The van der Waals surface area contributed by atoms with Crippen LogP contribution in [-0.4, -0.2) is 39.7 Å². The maximum absolute atomic E-state index is 12.6. The Kier molecular flexibility index (Phi) is 4.10. The zero-order valence-electron chi connectivity index (χ0n) is 12.9. The Bertz CT molecular complexity index is 683. The summed E-state index contributed by atoms with van der Waals surface area (Å²) in [6.45, 7) is 1.48. The van der Waals surface area contributed by atoms with Crippen LogP contribution in [0.4, 0.5) is 4.79 Å². The lowest BCUT2D eigenvalue weighted by Gasteiger charge is -2.30. The third-order valence-electron chi connectivity index (χ3n) is 4.59.